The standard InChI is InChI=1S/C15H21N3O2/c19-18(20)15-2-1-13-5-8-17(11-14(13)9-15)10-12-3-6-16-7-4-12/h1-2,9,12,16H,3-8,10-11H2. The van der Waals surface area contributed by atoms with Crippen LogP contribution in [0.4, 0.5) is 5.69 Å². The van der Waals surface area contributed by atoms with Gasteiger partial charge in [0.25, 0.3) is 5.69 Å². The van der Waals surface area contributed by atoms with E-state index in [0.29, 0.717) is 0 Å². The zero-order valence-corrected chi connectivity index (χ0v) is 11.7. The number of nitrogens with one attached hydrogen (secondary N) is 1. The van der Waals surface area contributed by atoms with Crippen molar-refractivity contribution in [1.29, 1.82) is 0 Å². The molecule has 0 aliphatic carbocycles. The van der Waals surface area contributed by atoms with Crippen molar-refractivity contribution >= 4 is 5.69 Å². The Morgan fingerprint density at radius 1 is 1.30 bits per heavy atom. The monoisotopic (exact) mass is 275 g/mol. The molecule has 1 N–H and O–H groups in total. The zero-order valence-electron chi connectivity index (χ0n) is 11.7. The van der Waals surface area contributed by atoms with Gasteiger partial charge in [0.1, 0.15) is 0 Å². The Bertz CT molecular complexity index is 498. The predicted molar refractivity (Wildman–Crippen MR) is 77.7 cm³/mol. The molecule has 2 heterocycles. The van der Waals surface area contributed by atoms with Crippen LogP contribution < -0.4 is 5.32 Å². The van der Waals surface area contributed by atoms with Gasteiger partial charge in [0.15, 0.2) is 0 Å². The maximum atomic E-state index is 10.9. The van der Waals surface area contributed by atoms with Crippen molar-refractivity contribution in [2.75, 3.05) is 26.2 Å². The number of benzene rings is 1. The summed E-state index contributed by atoms with van der Waals surface area (Å²) in [6.07, 6.45) is 3.51. The molecule has 1 saturated heterocycles. The van der Waals surface area contributed by atoms with Gasteiger partial charge in [0.2, 0.25) is 0 Å². The van der Waals surface area contributed by atoms with Gasteiger partial charge in [-0.3, -0.25) is 15.0 Å². The van der Waals surface area contributed by atoms with Gasteiger partial charge in [-0.1, -0.05) is 6.07 Å². The quantitative estimate of drug-likeness (QED) is 0.676. The van der Waals surface area contributed by atoms with Gasteiger partial charge in [-0.05, 0) is 49.4 Å². The van der Waals surface area contributed by atoms with Crippen LogP contribution in [-0.2, 0) is 13.0 Å². The minimum absolute atomic E-state index is 0.215. The lowest BCUT2D eigenvalue weighted by Crippen LogP contribution is -2.38. The first-order valence-electron chi connectivity index (χ1n) is 7.41. The van der Waals surface area contributed by atoms with Crippen molar-refractivity contribution in [2.24, 2.45) is 5.92 Å². The number of piperidine rings is 1. The van der Waals surface area contributed by atoms with Crippen LogP contribution in [-0.4, -0.2) is 36.0 Å². The van der Waals surface area contributed by atoms with Crippen LogP contribution in [0.15, 0.2) is 18.2 Å². The van der Waals surface area contributed by atoms with E-state index in [2.05, 4.69) is 10.2 Å². The fraction of sp³-hybridized carbons (Fsp3) is 0.600. The van der Waals surface area contributed by atoms with Gasteiger partial charge in [0.05, 0.1) is 4.92 Å². The molecule has 20 heavy (non-hydrogen) atoms. The molecule has 1 fully saturated rings. The molecular weight excluding hydrogens is 254 g/mol. The lowest BCUT2D eigenvalue weighted by molar-refractivity contribution is -0.385. The van der Waals surface area contributed by atoms with Crippen molar-refractivity contribution in [2.45, 2.75) is 25.8 Å². The number of rotatable bonds is 3. The Kier molecular flexibility index (Phi) is 3.98. The SMILES string of the molecule is O=[N+]([O-])c1ccc2c(c1)CN(CC1CCNCC1)CC2. The number of nitro benzene ring substituents is 1. The zero-order chi connectivity index (χ0) is 13.9. The Balaban J connectivity index is 1.67. The van der Waals surface area contributed by atoms with Gasteiger partial charge in [0, 0.05) is 31.8 Å². The maximum Gasteiger partial charge on any atom is 0.269 e. The van der Waals surface area contributed by atoms with E-state index in [1.807, 2.05) is 6.07 Å². The average molecular weight is 275 g/mol. The highest BCUT2D eigenvalue weighted by Gasteiger charge is 2.22. The van der Waals surface area contributed by atoms with Crippen molar-refractivity contribution in [3.63, 3.8) is 0 Å². The van der Waals surface area contributed by atoms with Crippen molar-refractivity contribution in [3.05, 3.63) is 39.4 Å². The molecule has 1 aromatic rings. The van der Waals surface area contributed by atoms with Crippen LogP contribution in [0.5, 0.6) is 0 Å². The molecule has 108 valence electrons. The van der Waals surface area contributed by atoms with E-state index >= 15 is 0 Å². The Labute approximate surface area is 119 Å². The van der Waals surface area contributed by atoms with Crippen LogP contribution in [0.2, 0.25) is 0 Å². The predicted octanol–water partition coefficient (Wildman–Crippen LogP) is 1.95. The molecule has 0 saturated carbocycles. The largest absolute Gasteiger partial charge is 0.317 e. The van der Waals surface area contributed by atoms with Crippen molar-refractivity contribution in [1.82, 2.24) is 10.2 Å². The highest BCUT2D eigenvalue weighted by Crippen LogP contribution is 2.25. The first kappa shape index (κ1) is 13.5. The molecule has 2 aliphatic heterocycles. The Morgan fingerprint density at radius 2 is 2.10 bits per heavy atom. The number of non-ortho nitro benzene ring substituents is 1. The summed E-state index contributed by atoms with van der Waals surface area (Å²) < 4.78 is 0. The maximum absolute atomic E-state index is 10.9. The summed E-state index contributed by atoms with van der Waals surface area (Å²) in [6.45, 7) is 5.32. The summed E-state index contributed by atoms with van der Waals surface area (Å²) in [5, 5.41) is 14.3. The molecule has 0 atom stereocenters. The molecule has 2 aliphatic rings. The van der Waals surface area contributed by atoms with E-state index in [4.69, 9.17) is 0 Å². The van der Waals surface area contributed by atoms with E-state index < -0.39 is 0 Å². The van der Waals surface area contributed by atoms with Crippen molar-refractivity contribution < 1.29 is 4.92 Å². The molecule has 0 bridgehead atoms. The first-order valence-corrected chi connectivity index (χ1v) is 7.41. The normalized spacial score (nSPS) is 20.6. The van der Waals surface area contributed by atoms with Crippen LogP contribution in [0, 0.1) is 16.0 Å². The van der Waals surface area contributed by atoms with Crippen molar-refractivity contribution in [3.8, 4) is 0 Å². The molecule has 3 rings (SSSR count). The van der Waals surface area contributed by atoms with E-state index in [1.165, 1.54) is 18.4 Å². The Morgan fingerprint density at radius 3 is 2.85 bits per heavy atom. The third-order valence-electron chi connectivity index (χ3n) is 4.47. The van der Waals surface area contributed by atoms with Gasteiger partial charge >= 0.3 is 0 Å². The van der Waals surface area contributed by atoms with Gasteiger partial charge in [-0.25, -0.2) is 0 Å². The summed E-state index contributed by atoms with van der Waals surface area (Å²) in [4.78, 5) is 13.0. The number of hydrogen-bond donors (Lipinski definition) is 1. The minimum Gasteiger partial charge on any atom is -0.317 e. The van der Waals surface area contributed by atoms with E-state index in [1.54, 1.807) is 12.1 Å². The first-order chi connectivity index (χ1) is 9.72. The van der Waals surface area contributed by atoms with E-state index in [-0.39, 0.29) is 10.6 Å². The molecule has 5 heteroatoms. The molecule has 0 spiro atoms. The second-order valence-corrected chi connectivity index (χ2v) is 5.89. The number of nitrogens with zero attached hydrogens (tertiary/aromatic N) is 2. The summed E-state index contributed by atoms with van der Waals surface area (Å²) in [5.41, 5.74) is 2.63. The number of fused-ring (bicyclic) bond motifs is 1. The third-order valence-corrected chi connectivity index (χ3v) is 4.47. The fourth-order valence-corrected chi connectivity index (χ4v) is 3.30. The van der Waals surface area contributed by atoms with Crippen LogP contribution in [0.25, 0.3) is 0 Å². The molecule has 0 amide bonds. The summed E-state index contributed by atoms with van der Waals surface area (Å²) in [7, 11) is 0. The van der Waals surface area contributed by atoms with Crippen LogP contribution >= 0.6 is 0 Å². The molecular formula is C15H21N3O2. The highest BCUT2D eigenvalue weighted by molar-refractivity contribution is 5.41. The molecule has 0 aromatic heterocycles. The third kappa shape index (κ3) is 2.99. The minimum atomic E-state index is -0.300. The molecule has 0 radical (unpaired) electrons. The van der Waals surface area contributed by atoms with Gasteiger partial charge in [-0.15, -0.1) is 0 Å². The number of nitro groups is 1. The lowest BCUT2D eigenvalue weighted by atomic mass is 9.94. The van der Waals surface area contributed by atoms with Crippen LogP contribution in [0.1, 0.15) is 24.0 Å². The summed E-state index contributed by atoms with van der Waals surface area (Å²) in [6, 6.07) is 5.31. The second-order valence-electron chi connectivity index (χ2n) is 5.89. The lowest BCUT2D eigenvalue weighted by Gasteiger charge is -2.33. The van der Waals surface area contributed by atoms with E-state index in [9.17, 15) is 10.1 Å². The summed E-state index contributed by atoms with van der Waals surface area (Å²) >= 11 is 0. The Hall–Kier alpha value is -1.46. The molecule has 0 unspecified atom stereocenters. The number of hydrogen-bond acceptors (Lipinski definition) is 4. The topological polar surface area (TPSA) is 58.4 Å². The average Bonchev–Trinajstić information content (AvgIpc) is 2.47. The van der Waals surface area contributed by atoms with Crippen LogP contribution in [0.3, 0.4) is 0 Å². The second kappa shape index (κ2) is 5.89. The van der Waals surface area contributed by atoms with E-state index in [0.717, 1.165) is 50.6 Å². The molecule has 1 aromatic carbocycles. The molecule has 5 nitrogen and oxygen atoms in total. The smallest absolute Gasteiger partial charge is 0.269 e. The van der Waals surface area contributed by atoms with Gasteiger partial charge < -0.3 is 5.32 Å². The fourth-order valence-electron chi connectivity index (χ4n) is 3.30. The summed E-state index contributed by atoms with van der Waals surface area (Å²) in [5.74, 6) is 0.775. The van der Waals surface area contributed by atoms with Gasteiger partial charge in [-0.2, -0.15) is 0 Å². The highest BCUT2D eigenvalue weighted by atomic mass is 16.6.